The van der Waals surface area contributed by atoms with Gasteiger partial charge in [0.25, 0.3) is 0 Å². The lowest BCUT2D eigenvalue weighted by Gasteiger charge is -2.30. The van der Waals surface area contributed by atoms with Crippen molar-refractivity contribution in [3.63, 3.8) is 0 Å². The van der Waals surface area contributed by atoms with Crippen molar-refractivity contribution >= 4 is 23.5 Å². The topological polar surface area (TPSA) is 138 Å². The molecular formula is C24H30N8O3S. The van der Waals surface area contributed by atoms with Crippen molar-refractivity contribution in [2.45, 2.75) is 49.2 Å². The van der Waals surface area contributed by atoms with Gasteiger partial charge in [0, 0.05) is 28.8 Å². The molecule has 0 radical (unpaired) electrons. The Morgan fingerprint density at radius 2 is 2.17 bits per heavy atom. The van der Waals surface area contributed by atoms with Gasteiger partial charge in [-0.05, 0) is 52.4 Å². The van der Waals surface area contributed by atoms with Crippen LogP contribution >= 0.6 is 11.8 Å². The van der Waals surface area contributed by atoms with E-state index in [2.05, 4.69) is 38.0 Å². The maximum Gasteiger partial charge on any atom is 0.326 e. The second-order valence-corrected chi connectivity index (χ2v) is 11.2. The summed E-state index contributed by atoms with van der Waals surface area (Å²) in [5, 5.41) is 26.3. The standard InChI is InChI=1S/C24H30N8O3S/c1-30-8-7-15(12-30)31(2)23(34)19-6-5-18(36-19)16-10-20(26-14-3-4-14)32-21(27-16)13(11-25-32)9-17-22(33)29-24(35)28-17/h6,9-11,14-15,18,23,33-34H,3-5,7-8,12H2,1-2H3,(H2,28,29,35). The molecule has 3 atom stereocenters. The van der Waals surface area contributed by atoms with E-state index in [1.54, 1.807) is 28.6 Å². The van der Waals surface area contributed by atoms with Crippen LogP contribution in [0.3, 0.4) is 0 Å². The van der Waals surface area contributed by atoms with Crippen molar-refractivity contribution in [2.75, 3.05) is 27.2 Å². The van der Waals surface area contributed by atoms with Crippen molar-refractivity contribution in [1.82, 2.24) is 34.4 Å². The zero-order chi connectivity index (χ0) is 25.0. The van der Waals surface area contributed by atoms with Crippen LogP contribution in [0.1, 0.15) is 42.3 Å². The molecule has 3 aromatic rings. The lowest BCUT2D eigenvalue weighted by Crippen LogP contribution is -2.41. The van der Waals surface area contributed by atoms with Gasteiger partial charge in [-0.15, -0.1) is 11.8 Å². The van der Waals surface area contributed by atoms with Crippen LogP contribution in [-0.4, -0.2) is 90.1 Å². The first kappa shape index (κ1) is 23.5. The molecule has 0 aromatic carbocycles. The second-order valence-electron chi connectivity index (χ2n) is 9.91. The average molecular weight is 511 g/mol. The Bertz CT molecular complexity index is 1500. The molecule has 36 heavy (non-hydrogen) atoms. The monoisotopic (exact) mass is 510 g/mol. The summed E-state index contributed by atoms with van der Waals surface area (Å²) in [7, 11) is 4.11. The van der Waals surface area contributed by atoms with Crippen LogP contribution in [-0.2, 0) is 0 Å². The number of aromatic amines is 2. The summed E-state index contributed by atoms with van der Waals surface area (Å²) in [6.07, 6.45) is 8.74. The molecule has 190 valence electrons. The van der Waals surface area contributed by atoms with Gasteiger partial charge in [0.1, 0.15) is 11.9 Å². The zero-order valence-corrected chi connectivity index (χ0v) is 21.1. The highest BCUT2D eigenvalue weighted by Gasteiger charge is 2.33. The normalized spacial score (nSPS) is 24.9. The lowest BCUT2D eigenvalue weighted by atomic mass is 10.2. The van der Waals surface area contributed by atoms with Gasteiger partial charge in [-0.1, -0.05) is 6.08 Å². The molecule has 3 unspecified atom stereocenters. The third-order valence-corrected chi connectivity index (χ3v) is 8.49. The fraction of sp³-hybridized carbons (Fsp3) is 0.500. The average Bonchev–Trinajstić information content (AvgIpc) is 3.22. The van der Waals surface area contributed by atoms with Gasteiger partial charge in [-0.2, -0.15) is 9.61 Å². The van der Waals surface area contributed by atoms with E-state index in [-0.39, 0.29) is 16.8 Å². The van der Waals surface area contributed by atoms with Crippen LogP contribution in [0.4, 0.5) is 0 Å². The third kappa shape index (κ3) is 4.49. The van der Waals surface area contributed by atoms with E-state index in [0.29, 0.717) is 22.9 Å². The van der Waals surface area contributed by atoms with E-state index < -0.39 is 11.9 Å². The van der Waals surface area contributed by atoms with Gasteiger partial charge in [0.15, 0.2) is 11.1 Å². The number of rotatable bonds is 6. The van der Waals surface area contributed by atoms with Crippen molar-refractivity contribution < 1.29 is 10.2 Å². The Morgan fingerprint density at radius 1 is 1.33 bits per heavy atom. The number of aromatic nitrogens is 5. The molecule has 5 heterocycles. The minimum absolute atomic E-state index is 0.0515. The Morgan fingerprint density at radius 3 is 2.86 bits per heavy atom. The van der Waals surface area contributed by atoms with E-state index in [9.17, 15) is 15.0 Å². The number of hydrogen-bond acceptors (Lipinski definition) is 9. The summed E-state index contributed by atoms with van der Waals surface area (Å²) in [5.74, 6) is -0.231. The summed E-state index contributed by atoms with van der Waals surface area (Å²) in [4.78, 5) is 31.6. The zero-order valence-electron chi connectivity index (χ0n) is 20.3. The number of likely N-dealkylation sites (tertiary alicyclic amines) is 1. The lowest BCUT2D eigenvalue weighted by molar-refractivity contribution is 0.0309. The van der Waals surface area contributed by atoms with Crippen molar-refractivity contribution in [1.29, 1.82) is 0 Å². The van der Waals surface area contributed by atoms with Crippen LogP contribution < -0.4 is 16.4 Å². The highest BCUT2D eigenvalue weighted by atomic mass is 32.2. The Hall–Kier alpha value is -2.93. The molecule has 12 heteroatoms. The van der Waals surface area contributed by atoms with E-state index in [0.717, 1.165) is 54.9 Å². The summed E-state index contributed by atoms with van der Waals surface area (Å²) in [5.41, 5.74) is 2.00. The largest absolute Gasteiger partial charge is 0.493 e. The molecule has 4 N–H and O–H groups in total. The molecule has 3 aliphatic rings. The Labute approximate surface area is 211 Å². The van der Waals surface area contributed by atoms with E-state index in [1.165, 1.54) is 0 Å². The van der Waals surface area contributed by atoms with Gasteiger partial charge in [0.2, 0.25) is 5.88 Å². The molecule has 1 aliphatic carbocycles. The van der Waals surface area contributed by atoms with Gasteiger partial charge >= 0.3 is 5.69 Å². The number of H-pyrrole nitrogens is 2. The predicted octanol–water partition coefficient (Wildman–Crippen LogP) is 0.0783. The van der Waals surface area contributed by atoms with Gasteiger partial charge in [-0.25, -0.2) is 9.78 Å². The number of likely N-dealkylation sites (N-methyl/N-ethyl adjacent to an activating group) is 2. The maximum absolute atomic E-state index is 11.6. The number of fused-ring (bicyclic) bond motifs is 1. The first-order valence-corrected chi connectivity index (χ1v) is 13.1. The number of aliphatic hydroxyl groups is 1. The number of thioether (sulfide) groups is 1. The van der Waals surface area contributed by atoms with Crippen LogP contribution in [0.2, 0.25) is 0 Å². The van der Waals surface area contributed by atoms with Gasteiger partial charge in [0.05, 0.1) is 23.2 Å². The molecule has 0 spiro atoms. The maximum atomic E-state index is 11.6. The van der Waals surface area contributed by atoms with E-state index in [4.69, 9.17) is 9.98 Å². The molecule has 0 amide bonds. The van der Waals surface area contributed by atoms with Crippen molar-refractivity contribution in [3.8, 4) is 5.88 Å². The SMILES string of the molecule is CN1CCC(N(C)C(O)C2=CCC(c3cc(=NC4CC4)n4ncc(=Cc5[nH]c(=O)[nH]c5O)c4n3)S2)C1. The molecule has 2 fully saturated rings. The minimum Gasteiger partial charge on any atom is -0.493 e. The minimum atomic E-state index is -0.636. The van der Waals surface area contributed by atoms with Gasteiger partial charge < -0.3 is 20.1 Å². The van der Waals surface area contributed by atoms with Gasteiger partial charge in [-0.3, -0.25) is 14.9 Å². The molecule has 1 saturated carbocycles. The first-order chi connectivity index (χ1) is 17.4. The predicted molar refractivity (Wildman–Crippen MR) is 136 cm³/mol. The number of aromatic hydroxyl groups is 1. The number of hydrogen-bond donors (Lipinski definition) is 4. The van der Waals surface area contributed by atoms with Crippen molar-refractivity contribution in [2.24, 2.45) is 4.99 Å². The second kappa shape index (κ2) is 9.18. The first-order valence-electron chi connectivity index (χ1n) is 12.3. The molecular weight excluding hydrogens is 480 g/mol. The van der Waals surface area contributed by atoms with Crippen molar-refractivity contribution in [3.05, 3.63) is 55.8 Å². The molecule has 3 aromatic heterocycles. The highest BCUT2D eigenvalue weighted by Crippen LogP contribution is 2.44. The summed E-state index contributed by atoms with van der Waals surface area (Å²) in [6, 6.07) is 2.63. The molecule has 0 bridgehead atoms. The fourth-order valence-corrected chi connectivity index (χ4v) is 6.10. The molecule has 1 saturated heterocycles. The van der Waals surface area contributed by atoms with E-state index >= 15 is 0 Å². The Balaban J connectivity index is 1.32. The fourth-order valence-electron chi connectivity index (χ4n) is 4.85. The van der Waals surface area contributed by atoms with Crippen LogP contribution in [0, 0.1) is 0 Å². The molecule has 11 nitrogen and oxygen atoms in total. The quantitative estimate of drug-likeness (QED) is 0.342. The number of aliphatic hydroxyl groups excluding tert-OH is 1. The summed E-state index contributed by atoms with van der Waals surface area (Å²) in [6.45, 7) is 2.01. The van der Waals surface area contributed by atoms with Crippen LogP contribution in [0.15, 0.2) is 33.0 Å². The summed E-state index contributed by atoms with van der Waals surface area (Å²) >= 11 is 1.65. The number of nitrogens with one attached hydrogen (secondary N) is 2. The summed E-state index contributed by atoms with van der Waals surface area (Å²) < 4.78 is 1.71. The third-order valence-electron chi connectivity index (χ3n) is 7.12. The molecule has 2 aliphatic heterocycles. The molecule has 6 rings (SSSR count). The number of allylic oxidation sites excluding steroid dienone is 1. The van der Waals surface area contributed by atoms with Crippen LogP contribution in [0.5, 0.6) is 5.88 Å². The highest BCUT2D eigenvalue weighted by molar-refractivity contribution is 8.03. The number of nitrogens with zero attached hydrogens (tertiary/aromatic N) is 6. The number of imidazole rings is 1. The van der Waals surface area contributed by atoms with E-state index in [1.807, 2.05) is 13.1 Å². The Kier molecular flexibility index (Phi) is 5.98. The smallest absolute Gasteiger partial charge is 0.326 e. The van der Waals surface area contributed by atoms with Crippen LogP contribution in [0.25, 0.3) is 11.7 Å².